The molecule has 1 unspecified atom stereocenters. The highest BCUT2D eigenvalue weighted by molar-refractivity contribution is 5.44. The number of benzene rings is 1. The van der Waals surface area contributed by atoms with Gasteiger partial charge in [0.05, 0.1) is 20.4 Å². The Hall–Kier alpha value is -2.01. The number of aliphatic hydroxyl groups excluding tert-OH is 1. The Labute approximate surface area is 125 Å². The summed E-state index contributed by atoms with van der Waals surface area (Å²) in [6, 6.07) is 5.74. The Bertz CT molecular complexity index is 608. The number of methoxy groups -OCH3 is 2. The van der Waals surface area contributed by atoms with E-state index in [0.29, 0.717) is 22.8 Å². The van der Waals surface area contributed by atoms with Crippen molar-refractivity contribution in [3.8, 4) is 11.5 Å². The number of nitrogens with zero attached hydrogens (tertiary/aromatic N) is 2. The Kier molecular flexibility index (Phi) is 4.85. The average Bonchev–Trinajstić information content (AvgIpc) is 2.89. The van der Waals surface area contributed by atoms with Crippen LogP contribution in [-0.4, -0.2) is 29.1 Å². The quantitative estimate of drug-likeness (QED) is 0.888. The van der Waals surface area contributed by atoms with E-state index >= 15 is 0 Å². The Balaban J connectivity index is 2.48. The number of ether oxygens (including phenoxy) is 2. The van der Waals surface area contributed by atoms with Gasteiger partial charge in [-0.1, -0.05) is 19.1 Å². The number of hydrogen-bond donors (Lipinski definition) is 1. The predicted molar refractivity (Wildman–Crippen MR) is 80.9 cm³/mol. The number of aryl methyl sites for hydroxylation is 2. The SMILES string of the molecule is CCCn1ncc(OC)c1C(O)c1ccc(C)cc1OC. The van der Waals surface area contributed by atoms with Crippen molar-refractivity contribution in [2.24, 2.45) is 0 Å². The van der Waals surface area contributed by atoms with Crippen molar-refractivity contribution >= 4 is 0 Å². The maximum absolute atomic E-state index is 10.8. The van der Waals surface area contributed by atoms with E-state index in [9.17, 15) is 5.11 Å². The molecule has 1 aromatic carbocycles. The maximum Gasteiger partial charge on any atom is 0.163 e. The van der Waals surface area contributed by atoms with Crippen LogP contribution in [0.2, 0.25) is 0 Å². The first-order chi connectivity index (χ1) is 10.1. The highest BCUT2D eigenvalue weighted by Gasteiger charge is 2.24. The summed E-state index contributed by atoms with van der Waals surface area (Å²) in [6.45, 7) is 4.78. The lowest BCUT2D eigenvalue weighted by Crippen LogP contribution is -2.12. The lowest BCUT2D eigenvalue weighted by Gasteiger charge is -2.18. The lowest BCUT2D eigenvalue weighted by atomic mass is 10.0. The molecule has 0 aliphatic heterocycles. The molecule has 1 N–H and O–H groups in total. The van der Waals surface area contributed by atoms with Gasteiger partial charge < -0.3 is 14.6 Å². The van der Waals surface area contributed by atoms with E-state index < -0.39 is 6.10 Å². The van der Waals surface area contributed by atoms with Gasteiger partial charge in [-0.3, -0.25) is 4.68 Å². The zero-order chi connectivity index (χ0) is 15.4. The molecular weight excluding hydrogens is 268 g/mol. The van der Waals surface area contributed by atoms with E-state index in [1.807, 2.05) is 25.1 Å². The third-order valence-corrected chi connectivity index (χ3v) is 3.44. The number of rotatable bonds is 6. The summed E-state index contributed by atoms with van der Waals surface area (Å²) in [5.74, 6) is 1.24. The molecule has 5 heteroatoms. The van der Waals surface area contributed by atoms with Crippen LogP contribution in [-0.2, 0) is 6.54 Å². The molecule has 0 radical (unpaired) electrons. The van der Waals surface area contributed by atoms with Gasteiger partial charge in [0, 0.05) is 12.1 Å². The van der Waals surface area contributed by atoms with Crippen LogP contribution < -0.4 is 9.47 Å². The topological polar surface area (TPSA) is 56.5 Å². The second kappa shape index (κ2) is 6.63. The summed E-state index contributed by atoms with van der Waals surface area (Å²) in [5.41, 5.74) is 2.44. The predicted octanol–water partition coefficient (Wildman–Crippen LogP) is 2.70. The molecule has 0 fully saturated rings. The first kappa shape index (κ1) is 15.4. The summed E-state index contributed by atoms with van der Waals surface area (Å²) >= 11 is 0. The van der Waals surface area contributed by atoms with E-state index in [1.165, 1.54) is 0 Å². The minimum atomic E-state index is -0.843. The molecule has 114 valence electrons. The molecule has 0 spiro atoms. The number of hydrogen-bond acceptors (Lipinski definition) is 4. The smallest absolute Gasteiger partial charge is 0.163 e. The standard InChI is InChI=1S/C16H22N2O3/c1-5-8-18-15(14(21-4)10-17-18)16(19)12-7-6-11(2)9-13(12)20-3/h6-7,9-10,16,19H,5,8H2,1-4H3. The Morgan fingerprint density at radius 1 is 1.24 bits per heavy atom. The number of aliphatic hydroxyl groups is 1. The van der Waals surface area contributed by atoms with Gasteiger partial charge in [0.15, 0.2) is 5.75 Å². The molecule has 1 atom stereocenters. The molecule has 21 heavy (non-hydrogen) atoms. The van der Waals surface area contributed by atoms with Crippen molar-refractivity contribution in [1.82, 2.24) is 9.78 Å². The minimum absolute atomic E-state index is 0.582. The third-order valence-electron chi connectivity index (χ3n) is 3.44. The second-order valence-electron chi connectivity index (χ2n) is 4.97. The first-order valence-corrected chi connectivity index (χ1v) is 7.04. The highest BCUT2D eigenvalue weighted by atomic mass is 16.5. The molecule has 1 aromatic heterocycles. The molecule has 0 saturated carbocycles. The van der Waals surface area contributed by atoms with E-state index in [-0.39, 0.29) is 0 Å². The minimum Gasteiger partial charge on any atom is -0.496 e. The van der Waals surface area contributed by atoms with Crippen LogP contribution in [0.3, 0.4) is 0 Å². The number of aromatic nitrogens is 2. The van der Waals surface area contributed by atoms with Crippen molar-refractivity contribution in [2.75, 3.05) is 14.2 Å². The van der Waals surface area contributed by atoms with Crippen molar-refractivity contribution in [3.05, 3.63) is 41.2 Å². The van der Waals surface area contributed by atoms with Gasteiger partial charge in [-0.2, -0.15) is 5.10 Å². The van der Waals surface area contributed by atoms with Gasteiger partial charge >= 0.3 is 0 Å². The van der Waals surface area contributed by atoms with Crippen LogP contribution in [0.1, 0.15) is 36.3 Å². The molecule has 0 aliphatic carbocycles. The summed E-state index contributed by atoms with van der Waals surface area (Å²) in [6.07, 6.45) is 1.72. The van der Waals surface area contributed by atoms with Crippen molar-refractivity contribution in [1.29, 1.82) is 0 Å². The Morgan fingerprint density at radius 2 is 1.95 bits per heavy atom. The van der Waals surface area contributed by atoms with Crippen LogP contribution in [0.4, 0.5) is 0 Å². The molecule has 5 nitrogen and oxygen atoms in total. The third kappa shape index (κ3) is 3.03. The van der Waals surface area contributed by atoms with Gasteiger partial charge in [0.25, 0.3) is 0 Å². The van der Waals surface area contributed by atoms with Gasteiger partial charge in [-0.25, -0.2) is 0 Å². The van der Waals surface area contributed by atoms with Crippen LogP contribution in [0.5, 0.6) is 11.5 Å². The zero-order valence-electron chi connectivity index (χ0n) is 13.0. The van der Waals surface area contributed by atoms with Crippen molar-refractivity contribution < 1.29 is 14.6 Å². The van der Waals surface area contributed by atoms with E-state index in [2.05, 4.69) is 12.0 Å². The fourth-order valence-corrected chi connectivity index (χ4v) is 2.39. The van der Waals surface area contributed by atoms with Crippen LogP contribution in [0, 0.1) is 6.92 Å². The molecule has 2 aromatic rings. The van der Waals surface area contributed by atoms with Gasteiger partial charge in [0.2, 0.25) is 0 Å². The van der Waals surface area contributed by atoms with Crippen LogP contribution in [0.15, 0.2) is 24.4 Å². The second-order valence-corrected chi connectivity index (χ2v) is 4.97. The monoisotopic (exact) mass is 290 g/mol. The van der Waals surface area contributed by atoms with Crippen molar-refractivity contribution in [2.45, 2.75) is 32.9 Å². The first-order valence-electron chi connectivity index (χ1n) is 7.04. The largest absolute Gasteiger partial charge is 0.496 e. The van der Waals surface area contributed by atoms with Crippen molar-refractivity contribution in [3.63, 3.8) is 0 Å². The molecular formula is C16H22N2O3. The Morgan fingerprint density at radius 3 is 2.57 bits per heavy atom. The molecule has 0 amide bonds. The van der Waals surface area contributed by atoms with Crippen LogP contribution in [0.25, 0.3) is 0 Å². The normalized spacial score (nSPS) is 12.2. The van der Waals surface area contributed by atoms with E-state index in [0.717, 1.165) is 18.5 Å². The van der Waals surface area contributed by atoms with Crippen LogP contribution >= 0.6 is 0 Å². The lowest BCUT2D eigenvalue weighted by molar-refractivity contribution is 0.197. The summed E-state index contributed by atoms with van der Waals surface area (Å²) in [4.78, 5) is 0. The molecule has 2 rings (SSSR count). The fraction of sp³-hybridized carbons (Fsp3) is 0.438. The van der Waals surface area contributed by atoms with E-state index in [4.69, 9.17) is 9.47 Å². The molecule has 1 heterocycles. The fourth-order valence-electron chi connectivity index (χ4n) is 2.39. The van der Waals surface area contributed by atoms with Gasteiger partial charge in [-0.05, 0) is 25.0 Å². The summed E-state index contributed by atoms with van der Waals surface area (Å²) in [5, 5.41) is 15.1. The molecule has 0 saturated heterocycles. The average molecular weight is 290 g/mol. The van der Waals surface area contributed by atoms with Gasteiger partial charge in [-0.15, -0.1) is 0 Å². The highest BCUT2D eigenvalue weighted by Crippen LogP contribution is 2.35. The summed E-state index contributed by atoms with van der Waals surface area (Å²) in [7, 11) is 3.18. The van der Waals surface area contributed by atoms with Gasteiger partial charge in [0.1, 0.15) is 17.5 Å². The molecule has 0 bridgehead atoms. The summed E-state index contributed by atoms with van der Waals surface area (Å²) < 4.78 is 12.5. The van der Waals surface area contributed by atoms with E-state index in [1.54, 1.807) is 25.1 Å². The maximum atomic E-state index is 10.8. The molecule has 0 aliphatic rings. The zero-order valence-corrected chi connectivity index (χ0v) is 13.0.